The number of hydrogen-bond donors (Lipinski definition) is 6. The molecular weight excluding hydrogens is 879 g/mol. The summed E-state index contributed by atoms with van der Waals surface area (Å²) in [5.74, 6) is -1.81. The molecule has 0 amide bonds. The highest BCUT2D eigenvalue weighted by Crippen LogP contribution is 2.48. The van der Waals surface area contributed by atoms with Gasteiger partial charge in [0.05, 0.1) is 62.8 Å². The Labute approximate surface area is 328 Å². The molecule has 0 aliphatic carbocycles. The van der Waals surface area contributed by atoms with E-state index in [2.05, 4.69) is 48.6 Å². The van der Waals surface area contributed by atoms with Crippen LogP contribution in [0.25, 0.3) is 10.8 Å². The maximum Gasteiger partial charge on any atom is 0.296 e. The number of rotatable bonds is 22. The normalized spacial score (nSPS) is 12.7. The van der Waals surface area contributed by atoms with E-state index < -0.39 is 74.8 Å². The van der Waals surface area contributed by atoms with Gasteiger partial charge in [-0.25, -0.2) is 32.6 Å². The van der Waals surface area contributed by atoms with Gasteiger partial charge in [0.25, 0.3) is 10.1 Å². The summed E-state index contributed by atoms with van der Waals surface area (Å²) < 4.78 is 108. The summed E-state index contributed by atoms with van der Waals surface area (Å²) in [7, 11) is -13.2. The predicted octanol–water partition coefficient (Wildman–Crippen LogP) is 6.18. The Morgan fingerprint density at radius 2 is 1.27 bits per heavy atom. The van der Waals surface area contributed by atoms with E-state index in [0.717, 1.165) is 12.1 Å². The maximum atomic E-state index is 12.8. The molecule has 4 rings (SSSR count). The minimum atomic E-state index is -5.14. The molecule has 0 aromatic heterocycles. The van der Waals surface area contributed by atoms with Crippen LogP contribution in [0.5, 0.6) is 5.75 Å². The number of aromatic hydroxyl groups is 1. The Kier molecular flexibility index (Phi) is 16.6. The zero-order valence-electron chi connectivity index (χ0n) is 27.4. The Hall–Kier alpha value is -3.64. The van der Waals surface area contributed by atoms with E-state index in [0.29, 0.717) is 6.07 Å². The fraction of sp³-hybridized carbons (Fsp3) is 0.154. The van der Waals surface area contributed by atoms with Crippen molar-refractivity contribution < 1.29 is 87.2 Å². The number of anilines is 1. The number of hydrogen-bond acceptors (Lipinski definition) is 26. The van der Waals surface area contributed by atoms with E-state index in [9.17, 15) is 34.9 Å². The summed E-state index contributed by atoms with van der Waals surface area (Å²) in [6, 6.07) is 11.8. The van der Waals surface area contributed by atoms with Crippen molar-refractivity contribution in [2.45, 2.75) is 19.6 Å². The SMILES string of the molecule is Nc1ccc2c(O)c(N=Nc3ccc(S(=O)(=O)CCOSOOO)cc3S(=O)(=O)O)c(SOOO)cc2c1N=Nc1cccc(S(=O)(=O)CCOSOOO)c1. The largest absolute Gasteiger partial charge is 0.505 e. The first kappa shape index (κ1) is 45.1. The van der Waals surface area contributed by atoms with Crippen LogP contribution in [0.4, 0.5) is 28.4 Å². The highest BCUT2D eigenvalue weighted by molar-refractivity contribution is 7.94. The van der Waals surface area contributed by atoms with Crippen LogP contribution in [-0.2, 0) is 66.3 Å². The van der Waals surface area contributed by atoms with Gasteiger partial charge in [-0.05, 0) is 54.6 Å². The summed E-state index contributed by atoms with van der Waals surface area (Å²) >= 11 is 0.617. The average Bonchev–Trinajstić information content (AvgIpc) is 3.15. The van der Waals surface area contributed by atoms with Crippen LogP contribution in [0.3, 0.4) is 0 Å². The molecule has 4 aromatic carbocycles. The summed E-state index contributed by atoms with van der Waals surface area (Å²) in [6.45, 7) is -0.829. The van der Waals surface area contributed by atoms with Crippen molar-refractivity contribution in [2.75, 3.05) is 30.5 Å². The van der Waals surface area contributed by atoms with Crippen LogP contribution in [-0.4, -0.2) is 75.4 Å². The molecule has 4 aromatic rings. The molecule has 0 saturated carbocycles. The van der Waals surface area contributed by atoms with E-state index in [4.69, 9.17) is 29.9 Å². The van der Waals surface area contributed by atoms with Gasteiger partial charge in [-0.15, -0.1) is 28.3 Å². The predicted molar refractivity (Wildman–Crippen MR) is 193 cm³/mol. The third kappa shape index (κ3) is 12.2. The second-order valence-electron chi connectivity index (χ2n) is 10.1. The molecule has 0 atom stereocenters. The van der Waals surface area contributed by atoms with Gasteiger partial charge in [-0.1, -0.05) is 21.2 Å². The number of azo groups is 2. The Morgan fingerprint density at radius 3 is 1.88 bits per heavy atom. The van der Waals surface area contributed by atoms with Gasteiger partial charge >= 0.3 is 0 Å². The van der Waals surface area contributed by atoms with Crippen molar-refractivity contribution in [3.8, 4) is 5.75 Å². The molecule has 0 aliphatic rings. The zero-order chi connectivity index (χ0) is 40.9. The lowest BCUT2D eigenvalue weighted by molar-refractivity contribution is -0.434. The van der Waals surface area contributed by atoms with Crippen molar-refractivity contribution in [2.24, 2.45) is 20.5 Å². The Morgan fingerprint density at radius 1 is 0.661 bits per heavy atom. The van der Waals surface area contributed by atoms with Crippen molar-refractivity contribution in [1.29, 1.82) is 0 Å². The third-order valence-corrected chi connectivity index (χ3v) is 12.4. The van der Waals surface area contributed by atoms with Crippen molar-refractivity contribution in [3.05, 3.63) is 60.7 Å². The van der Waals surface area contributed by atoms with Crippen molar-refractivity contribution in [3.63, 3.8) is 0 Å². The third-order valence-electron chi connectivity index (χ3n) is 6.74. The molecular formula is C26H25N5O19S6. The lowest BCUT2D eigenvalue weighted by atomic mass is 10.1. The van der Waals surface area contributed by atoms with Gasteiger partial charge < -0.3 is 10.8 Å². The zero-order valence-corrected chi connectivity index (χ0v) is 32.3. The van der Waals surface area contributed by atoms with Crippen molar-refractivity contribution in [1.82, 2.24) is 0 Å². The molecule has 0 aliphatic heterocycles. The smallest absolute Gasteiger partial charge is 0.296 e. The number of nitrogen functional groups attached to an aromatic ring is 1. The van der Waals surface area contributed by atoms with E-state index >= 15 is 0 Å². The topological polar surface area (TPSA) is 353 Å². The van der Waals surface area contributed by atoms with Crippen LogP contribution in [0.15, 0.2) is 101 Å². The van der Waals surface area contributed by atoms with Gasteiger partial charge in [0.2, 0.25) is 0 Å². The quantitative estimate of drug-likeness (QED) is 0.00974. The van der Waals surface area contributed by atoms with E-state index in [1.54, 1.807) is 0 Å². The summed E-state index contributed by atoms with van der Waals surface area (Å²) in [6.07, 6.45) is 0. The number of nitrogens with two attached hydrogens (primary N) is 1. The first-order chi connectivity index (χ1) is 26.6. The molecule has 7 N–H and O–H groups in total. The van der Waals surface area contributed by atoms with E-state index in [1.165, 1.54) is 42.5 Å². The number of fused-ring (bicyclic) bond motifs is 1. The number of phenolic OH excluding ortho intramolecular Hbond substituents is 1. The first-order valence-electron chi connectivity index (χ1n) is 14.4. The van der Waals surface area contributed by atoms with Gasteiger partial charge in [-0.2, -0.15) is 13.5 Å². The highest BCUT2D eigenvalue weighted by atomic mass is 32.2. The maximum absolute atomic E-state index is 12.8. The number of benzene rings is 4. The molecule has 0 saturated heterocycles. The molecule has 56 heavy (non-hydrogen) atoms. The van der Waals surface area contributed by atoms with Crippen LogP contribution in [0, 0.1) is 0 Å². The first-order valence-corrected chi connectivity index (χ1v) is 21.2. The van der Waals surface area contributed by atoms with Crippen LogP contribution >= 0.6 is 36.7 Å². The fourth-order valence-corrected chi connectivity index (χ4v) is 8.42. The summed E-state index contributed by atoms with van der Waals surface area (Å²) in [5.41, 5.74) is 5.25. The average molecular weight is 904 g/mol. The van der Waals surface area contributed by atoms with Gasteiger partial charge in [0, 0.05) is 10.8 Å². The van der Waals surface area contributed by atoms with Gasteiger partial charge in [-0.3, -0.25) is 12.9 Å². The molecule has 0 fully saturated rings. The highest BCUT2D eigenvalue weighted by Gasteiger charge is 2.24. The Balaban J connectivity index is 1.71. The monoisotopic (exact) mass is 903 g/mol. The molecule has 0 unspecified atom stereocenters. The molecule has 0 radical (unpaired) electrons. The second-order valence-corrected chi connectivity index (χ2v) is 17.5. The van der Waals surface area contributed by atoms with Crippen LogP contribution in [0.2, 0.25) is 0 Å². The van der Waals surface area contributed by atoms with E-state index in [1.807, 2.05) is 0 Å². The molecule has 0 bridgehead atoms. The minimum Gasteiger partial charge on any atom is -0.505 e. The van der Waals surface area contributed by atoms with E-state index in [-0.39, 0.29) is 80.9 Å². The lowest BCUT2D eigenvalue weighted by Gasteiger charge is -2.12. The number of sulfone groups is 2. The van der Waals surface area contributed by atoms with Gasteiger partial charge in [0.1, 0.15) is 22.0 Å². The molecule has 24 nitrogen and oxygen atoms in total. The van der Waals surface area contributed by atoms with Crippen molar-refractivity contribution >= 4 is 106 Å². The Bertz CT molecular complexity index is 2400. The molecule has 0 heterocycles. The lowest BCUT2D eigenvalue weighted by Crippen LogP contribution is -2.12. The summed E-state index contributed by atoms with van der Waals surface area (Å²) in [4.78, 5) is -1.84. The molecule has 0 spiro atoms. The van der Waals surface area contributed by atoms with Crippen LogP contribution < -0.4 is 5.73 Å². The van der Waals surface area contributed by atoms with Crippen LogP contribution in [0.1, 0.15) is 0 Å². The molecule has 30 heteroatoms. The minimum absolute atomic E-state index is 0.0221. The summed E-state index contributed by atoms with van der Waals surface area (Å²) in [5, 5.41) is 62.7. The fourth-order valence-electron chi connectivity index (χ4n) is 4.33. The number of phenols is 1. The molecule has 304 valence electrons. The number of nitrogens with zero attached hydrogens (tertiary/aromatic N) is 4. The second kappa shape index (κ2) is 20.7. The van der Waals surface area contributed by atoms with Gasteiger partial charge in [0.15, 0.2) is 50.1 Å². The standard InChI is InChI=1S/C26H25N5O19S6/c27-20-6-5-18-19(24(20)30-28-15-2-1-3-16(12-15)54(36,37)10-8-43-52-49-46-34)14-22(51-48-45-33)25(26(18)32)31-29-21-7-4-17(13-23(21)56(40,41)42)55(38,39)11-9-44-53-50-47-35/h1-7,12-14,32-35H,8-11,27H2,(H,40,41,42).